The first-order valence-electron chi connectivity index (χ1n) is 7.54. The zero-order valence-electron chi connectivity index (χ0n) is 13.2. The van der Waals surface area contributed by atoms with E-state index in [0.29, 0.717) is 12.3 Å². The largest absolute Gasteiger partial charge is 0.346 e. The number of rotatable bonds is 6. The van der Waals surface area contributed by atoms with Gasteiger partial charge in [-0.25, -0.2) is 4.98 Å². The molecule has 2 rings (SSSR count). The van der Waals surface area contributed by atoms with Crippen LogP contribution in [-0.2, 0) is 4.79 Å². The minimum absolute atomic E-state index is 0.113. The van der Waals surface area contributed by atoms with Crippen molar-refractivity contribution >= 4 is 17.2 Å². The number of amides is 1. The van der Waals surface area contributed by atoms with Crippen LogP contribution in [0.2, 0.25) is 0 Å². The van der Waals surface area contributed by atoms with Gasteiger partial charge in [-0.3, -0.25) is 4.79 Å². The van der Waals surface area contributed by atoms with Crippen LogP contribution >= 0.6 is 11.3 Å². The number of nitrogens with two attached hydrogens (primary N) is 1. The molecule has 0 radical (unpaired) electrons. The second kappa shape index (κ2) is 7.51. The molecule has 0 spiro atoms. The highest BCUT2D eigenvalue weighted by molar-refractivity contribution is 7.10. The third kappa shape index (κ3) is 4.39. The Balaban J connectivity index is 2.00. The molecule has 5 heteroatoms. The summed E-state index contributed by atoms with van der Waals surface area (Å²) in [5.41, 5.74) is 7.93. The summed E-state index contributed by atoms with van der Waals surface area (Å²) in [5.74, 6) is 0.290. The lowest BCUT2D eigenvalue weighted by molar-refractivity contribution is -0.123. The standard InChI is InChI=1S/C17H23N3OS/c1-11(2)9-14(18)16(21)19-12(3)17-20-15(10-22-17)13-7-5-4-6-8-13/h4-8,10-12,14H,9,18H2,1-3H3,(H,19,21)/t12?,14-/m0/s1. The summed E-state index contributed by atoms with van der Waals surface area (Å²) in [6, 6.07) is 9.43. The van der Waals surface area contributed by atoms with Crippen LogP contribution in [0.4, 0.5) is 0 Å². The van der Waals surface area contributed by atoms with Gasteiger partial charge in [-0.15, -0.1) is 11.3 Å². The Bertz CT molecular complexity index is 609. The number of hydrogen-bond acceptors (Lipinski definition) is 4. The molecule has 22 heavy (non-hydrogen) atoms. The van der Waals surface area contributed by atoms with Crippen molar-refractivity contribution in [1.82, 2.24) is 10.3 Å². The van der Waals surface area contributed by atoms with Gasteiger partial charge in [-0.05, 0) is 19.3 Å². The summed E-state index contributed by atoms with van der Waals surface area (Å²) >= 11 is 1.55. The molecule has 0 bridgehead atoms. The fraction of sp³-hybridized carbons (Fsp3) is 0.412. The highest BCUT2D eigenvalue weighted by Crippen LogP contribution is 2.25. The molecule has 0 aliphatic heterocycles. The molecule has 0 aliphatic carbocycles. The van der Waals surface area contributed by atoms with E-state index < -0.39 is 6.04 Å². The van der Waals surface area contributed by atoms with Crippen LogP contribution in [0.1, 0.15) is 38.2 Å². The van der Waals surface area contributed by atoms with Gasteiger partial charge in [-0.2, -0.15) is 0 Å². The van der Waals surface area contributed by atoms with Crippen molar-refractivity contribution in [2.75, 3.05) is 0 Å². The Hall–Kier alpha value is -1.72. The molecule has 0 saturated heterocycles. The molecule has 2 atom stereocenters. The van der Waals surface area contributed by atoms with E-state index in [9.17, 15) is 4.79 Å². The smallest absolute Gasteiger partial charge is 0.237 e. The number of aromatic nitrogens is 1. The lowest BCUT2D eigenvalue weighted by Crippen LogP contribution is -2.42. The van der Waals surface area contributed by atoms with Crippen LogP contribution in [0.5, 0.6) is 0 Å². The van der Waals surface area contributed by atoms with E-state index in [0.717, 1.165) is 16.3 Å². The summed E-state index contributed by atoms with van der Waals surface area (Å²) in [6.45, 7) is 6.06. The SMILES string of the molecule is CC(C)C[C@H](N)C(=O)NC(C)c1nc(-c2ccccc2)cs1. The minimum atomic E-state index is -0.462. The average Bonchev–Trinajstić information content (AvgIpc) is 2.97. The molecule has 118 valence electrons. The van der Waals surface area contributed by atoms with E-state index in [4.69, 9.17) is 5.73 Å². The molecule has 3 N–H and O–H groups in total. The van der Waals surface area contributed by atoms with Gasteiger partial charge in [0.15, 0.2) is 0 Å². The number of benzene rings is 1. The minimum Gasteiger partial charge on any atom is -0.346 e. The first-order chi connectivity index (χ1) is 10.5. The number of hydrogen-bond donors (Lipinski definition) is 2. The second-order valence-corrected chi connectivity index (χ2v) is 6.79. The molecule has 0 fully saturated rings. The van der Waals surface area contributed by atoms with Crippen LogP contribution in [0.15, 0.2) is 35.7 Å². The van der Waals surface area contributed by atoms with Gasteiger partial charge >= 0.3 is 0 Å². The van der Waals surface area contributed by atoms with Crippen molar-refractivity contribution < 1.29 is 4.79 Å². The summed E-state index contributed by atoms with van der Waals surface area (Å²) < 4.78 is 0. The van der Waals surface area contributed by atoms with E-state index in [1.165, 1.54) is 0 Å². The summed E-state index contributed by atoms with van der Waals surface area (Å²) in [6.07, 6.45) is 0.686. The molecule has 1 amide bonds. The third-order valence-corrected chi connectivity index (χ3v) is 4.41. The van der Waals surface area contributed by atoms with Crippen molar-refractivity contribution in [1.29, 1.82) is 0 Å². The molecule has 2 aromatic rings. The lowest BCUT2D eigenvalue weighted by Gasteiger charge is -2.17. The molecule has 1 aromatic carbocycles. The zero-order valence-corrected chi connectivity index (χ0v) is 14.1. The lowest BCUT2D eigenvalue weighted by atomic mass is 10.0. The number of nitrogens with zero attached hydrogens (tertiary/aromatic N) is 1. The Morgan fingerprint density at radius 2 is 1.95 bits per heavy atom. The van der Waals surface area contributed by atoms with Crippen LogP contribution in [-0.4, -0.2) is 16.9 Å². The highest BCUT2D eigenvalue weighted by Gasteiger charge is 2.19. The summed E-state index contributed by atoms with van der Waals surface area (Å²) in [5, 5.41) is 5.86. The molecule has 0 aliphatic rings. The van der Waals surface area contributed by atoms with Gasteiger partial charge in [0.2, 0.25) is 5.91 Å². The molecule has 4 nitrogen and oxygen atoms in total. The van der Waals surface area contributed by atoms with Gasteiger partial charge in [0.1, 0.15) is 5.01 Å². The quantitative estimate of drug-likeness (QED) is 0.858. The van der Waals surface area contributed by atoms with Crippen LogP contribution < -0.4 is 11.1 Å². The molecular formula is C17H23N3OS. The maximum atomic E-state index is 12.1. The third-order valence-electron chi connectivity index (χ3n) is 3.38. The molecule has 1 unspecified atom stereocenters. The van der Waals surface area contributed by atoms with Crippen molar-refractivity contribution in [3.63, 3.8) is 0 Å². The number of carbonyl (C=O) groups excluding carboxylic acids is 1. The maximum Gasteiger partial charge on any atom is 0.237 e. The monoisotopic (exact) mass is 317 g/mol. The van der Waals surface area contributed by atoms with E-state index in [2.05, 4.69) is 24.1 Å². The van der Waals surface area contributed by atoms with Gasteiger partial charge in [-0.1, -0.05) is 44.2 Å². The molecule has 1 heterocycles. The van der Waals surface area contributed by atoms with Gasteiger partial charge < -0.3 is 11.1 Å². The maximum absolute atomic E-state index is 12.1. The second-order valence-electron chi connectivity index (χ2n) is 5.90. The van der Waals surface area contributed by atoms with Crippen LogP contribution in [0, 0.1) is 5.92 Å². The van der Waals surface area contributed by atoms with E-state index >= 15 is 0 Å². The van der Waals surface area contributed by atoms with Crippen molar-refractivity contribution in [2.24, 2.45) is 11.7 Å². The number of thiazole rings is 1. The van der Waals surface area contributed by atoms with Gasteiger partial charge in [0, 0.05) is 10.9 Å². The van der Waals surface area contributed by atoms with Crippen molar-refractivity contribution in [2.45, 2.75) is 39.3 Å². The highest BCUT2D eigenvalue weighted by atomic mass is 32.1. The fourth-order valence-electron chi connectivity index (χ4n) is 2.23. The first-order valence-corrected chi connectivity index (χ1v) is 8.42. The van der Waals surface area contributed by atoms with Crippen LogP contribution in [0.25, 0.3) is 11.3 Å². The zero-order chi connectivity index (χ0) is 16.1. The van der Waals surface area contributed by atoms with E-state index in [-0.39, 0.29) is 11.9 Å². The number of carbonyl (C=O) groups is 1. The Labute approximate surface area is 135 Å². The fourth-order valence-corrected chi connectivity index (χ4v) is 3.06. The van der Waals surface area contributed by atoms with Gasteiger partial charge in [0.05, 0.1) is 17.8 Å². The predicted octanol–water partition coefficient (Wildman–Crippen LogP) is 3.36. The molecule has 0 saturated carbocycles. The average molecular weight is 317 g/mol. The Morgan fingerprint density at radius 1 is 1.27 bits per heavy atom. The summed E-state index contributed by atoms with van der Waals surface area (Å²) in [7, 11) is 0. The first kappa shape index (κ1) is 16.6. The number of nitrogens with one attached hydrogen (secondary N) is 1. The Morgan fingerprint density at radius 3 is 2.59 bits per heavy atom. The van der Waals surface area contributed by atoms with E-state index in [1.807, 2.05) is 42.6 Å². The Kier molecular flexibility index (Phi) is 5.69. The normalized spacial score (nSPS) is 13.9. The van der Waals surface area contributed by atoms with Crippen molar-refractivity contribution in [3.05, 3.63) is 40.7 Å². The molecular weight excluding hydrogens is 294 g/mol. The van der Waals surface area contributed by atoms with E-state index in [1.54, 1.807) is 11.3 Å². The van der Waals surface area contributed by atoms with Gasteiger partial charge in [0.25, 0.3) is 0 Å². The van der Waals surface area contributed by atoms with Crippen molar-refractivity contribution in [3.8, 4) is 11.3 Å². The van der Waals surface area contributed by atoms with Crippen LogP contribution in [0.3, 0.4) is 0 Å². The predicted molar refractivity (Wildman–Crippen MR) is 91.5 cm³/mol. The topological polar surface area (TPSA) is 68.0 Å². The molecule has 1 aromatic heterocycles. The summed E-state index contributed by atoms with van der Waals surface area (Å²) in [4.78, 5) is 16.7.